The van der Waals surface area contributed by atoms with Gasteiger partial charge in [-0.25, -0.2) is 0 Å². The highest BCUT2D eigenvalue weighted by molar-refractivity contribution is 5.85. The molecule has 0 aromatic heterocycles. The van der Waals surface area contributed by atoms with Gasteiger partial charge in [0.05, 0.1) is 0 Å². The molecule has 0 radical (unpaired) electrons. The van der Waals surface area contributed by atoms with E-state index < -0.39 is 12.0 Å². The Morgan fingerprint density at radius 3 is 2.33 bits per heavy atom. The zero-order valence-electron chi connectivity index (χ0n) is 6.43. The van der Waals surface area contributed by atoms with Gasteiger partial charge < -0.3 is 22.3 Å². The fourth-order valence-corrected chi connectivity index (χ4v) is 0.456. The fourth-order valence-electron chi connectivity index (χ4n) is 0.456. The molecule has 1 unspecified atom stereocenters. The van der Waals surface area contributed by atoms with Crippen molar-refractivity contribution in [3.05, 3.63) is 0 Å². The summed E-state index contributed by atoms with van der Waals surface area (Å²) in [5.74, 6) is -1.10. The number of carboxylic acid groups (broad SMARTS) is 1. The molecule has 72 valence electrons. The van der Waals surface area contributed by atoms with E-state index in [4.69, 9.17) is 22.3 Å². The second-order valence-corrected chi connectivity index (χ2v) is 2.04. The smallest absolute Gasteiger partial charge is 0.320 e. The molecule has 0 aliphatic rings. The summed E-state index contributed by atoms with van der Waals surface area (Å²) in [5.41, 5.74) is 15.1. The summed E-state index contributed by atoms with van der Waals surface area (Å²) in [4.78, 5) is 13.7. The van der Waals surface area contributed by atoms with Crippen LogP contribution in [-0.4, -0.2) is 29.6 Å². The van der Waals surface area contributed by atoms with Crippen LogP contribution in [-0.2, 0) is 4.79 Å². The number of hydrogen-bond donors (Lipinski definition) is 4. The second-order valence-electron chi connectivity index (χ2n) is 2.04. The van der Waals surface area contributed by atoms with Gasteiger partial charge in [-0.05, 0) is 6.42 Å². The molecule has 7 heteroatoms. The molecule has 0 bridgehead atoms. The molecule has 7 N–H and O–H groups in total. The van der Waals surface area contributed by atoms with Gasteiger partial charge in [-0.15, -0.1) is 12.4 Å². The lowest BCUT2D eigenvalue weighted by Crippen LogP contribution is -2.31. The van der Waals surface area contributed by atoms with Crippen molar-refractivity contribution in [1.82, 2.24) is 0 Å². The first-order valence-electron chi connectivity index (χ1n) is 3.08. The standard InChI is InChI=1S/C5H12N4O2.ClH/c6-3(4(10)11)1-2-9-5(7)8;/h3H,1-2,6H2,(H,10,11)(H4,7,8,9);1H. The summed E-state index contributed by atoms with van der Waals surface area (Å²) in [7, 11) is 0. The summed E-state index contributed by atoms with van der Waals surface area (Å²) in [6.45, 7) is 0.246. The van der Waals surface area contributed by atoms with Crippen LogP contribution >= 0.6 is 12.4 Å². The van der Waals surface area contributed by atoms with E-state index in [1.165, 1.54) is 0 Å². The van der Waals surface area contributed by atoms with Crippen LogP contribution in [0.4, 0.5) is 0 Å². The molecule has 6 nitrogen and oxygen atoms in total. The van der Waals surface area contributed by atoms with Gasteiger partial charge in [0, 0.05) is 6.54 Å². The van der Waals surface area contributed by atoms with E-state index in [1.807, 2.05) is 0 Å². The van der Waals surface area contributed by atoms with E-state index >= 15 is 0 Å². The van der Waals surface area contributed by atoms with E-state index in [2.05, 4.69) is 4.99 Å². The van der Waals surface area contributed by atoms with Crippen LogP contribution in [0.2, 0.25) is 0 Å². The number of carbonyl (C=O) groups is 1. The maximum absolute atomic E-state index is 10.1. The quantitative estimate of drug-likeness (QED) is 0.321. The first-order valence-corrected chi connectivity index (χ1v) is 3.08. The van der Waals surface area contributed by atoms with Gasteiger partial charge in [0.1, 0.15) is 6.04 Å². The van der Waals surface area contributed by atoms with Crippen molar-refractivity contribution in [2.75, 3.05) is 6.54 Å². The van der Waals surface area contributed by atoms with Crippen LogP contribution in [0.3, 0.4) is 0 Å². The van der Waals surface area contributed by atoms with E-state index in [-0.39, 0.29) is 31.3 Å². The average molecular weight is 197 g/mol. The van der Waals surface area contributed by atoms with Gasteiger partial charge in [0.15, 0.2) is 5.96 Å². The normalized spacial score (nSPS) is 11.1. The Morgan fingerprint density at radius 1 is 1.50 bits per heavy atom. The Hall–Kier alpha value is -1.01. The molecule has 0 aromatic rings. The van der Waals surface area contributed by atoms with Crippen molar-refractivity contribution in [3.8, 4) is 0 Å². The monoisotopic (exact) mass is 196 g/mol. The third-order valence-corrected chi connectivity index (χ3v) is 1.05. The Labute approximate surface area is 76.2 Å². The third-order valence-electron chi connectivity index (χ3n) is 1.05. The molecule has 0 spiro atoms. The van der Waals surface area contributed by atoms with Crippen molar-refractivity contribution in [1.29, 1.82) is 0 Å². The molecular formula is C5H13ClN4O2. The Morgan fingerprint density at radius 2 is 2.00 bits per heavy atom. The van der Waals surface area contributed by atoms with Crippen molar-refractivity contribution in [2.24, 2.45) is 22.2 Å². The predicted octanol–water partition coefficient (Wildman–Crippen LogP) is -1.52. The molecule has 0 saturated carbocycles. The number of nitrogens with zero attached hydrogens (tertiary/aromatic N) is 1. The van der Waals surface area contributed by atoms with Gasteiger partial charge in [0.2, 0.25) is 0 Å². The van der Waals surface area contributed by atoms with Crippen LogP contribution in [0.25, 0.3) is 0 Å². The van der Waals surface area contributed by atoms with E-state index in [0.717, 1.165) is 0 Å². The minimum Gasteiger partial charge on any atom is -0.480 e. The maximum atomic E-state index is 10.1. The van der Waals surface area contributed by atoms with Gasteiger partial charge in [-0.3, -0.25) is 9.79 Å². The number of nitrogens with two attached hydrogens (primary N) is 3. The van der Waals surface area contributed by atoms with Crippen molar-refractivity contribution < 1.29 is 9.90 Å². The van der Waals surface area contributed by atoms with Crippen LogP contribution in [0, 0.1) is 0 Å². The molecule has 0 aliphatic carbocycles. The zero-order chi connectivity index (χ0) is 8.85. The topological polar surface area (TPSA) is 128 Å². The van der Waals surface area contributed by atoms with Crippen molar-refractivity contribution in [3.63, 3.8) is 0 Å². The minimum atomic E-state index is -1.05. The summed E-state index contributed by atoms with van der Waals surface area (Å²) >= 11 is 0. The van der Waals surface area contributed by atoms with Crippen LogP contribution < -0.4 is 17.2 Å². The molecule has 0 fully saturated rings. The summed E-state index contributed by atoms with van der Waals surface area (Å²) in [6, 6.07) is -0.891. The lowest BCUT2D eigenvalue weighted by molar-refractivity contribution is -0.138. The lowest BCUT2D eigenvalue weighted by Gasteiger charge is -2.02. The van der Waals surface area contributed by atoms with Crippen molar-refractivity contribution in [2.45, 2.75) is 12.5 Å². The van der Waals surface area contributed by atoms with E-state index in [9.17, 15) is 4.79 Å². The third kappa shape index (κ3) is 7.10. The number of hydrogen-bond acceptors (Lipinski definition) is 3. The summed E-state index contributed by atoms with van der Waals surface area (Å²) in [6.07, 6.45) is 0.243. The Kier molecular flexibility index (Phi) is 7.56. The summed E-state index contributed by atoms with van der Waals surface area (Å²) in [5, 5.41) is 8.31. The molecule has 0 heterocycles. The SMILES string of the molecule is Cl.NC(N)=NCCC(N)C(=O)O. The number of aliphatic imine (C=N–C) groups is 1. The molecule has 0 aromatic carbocycles. The van der Waals surface area contributed by atoms with E-state index in [1.54, 1.807) is 0 Å². The Balaban J connectivity index is 0. The van der Waals surface area contributed by atoms with Crippen LogP contribution in [0.15, 0.2) is 4.99 Å². The highest BCUT2D eigenvalue weighted by Gasteiger charge is 2.09. The molecule has 0 saturated heterocycles. The van der Waals surface area contributed by atoms with Crippen molar-refractivity contribution >= 4 is 24.3 Å². The number of halogens is 1. The average Bonchev–Trinajstić information content (AvgIpc) is 1.86. The van der Waals surface area contributed by atoms with Gasteiger partial charge in [-0.2, -0.15) is 0 Å². The van der Waals surface area contributed by atoms with Crippen LogP contribution in [0.5, 0.6) is 0 Å². The number of aliphatic carboxylic acids is 1. The molecular weight excluding hydrogens is 184 g/mol. The molecule has 0 rings (SSSR count). The zero-order valence-corrected chi connectivity index (χ0v) is 7.25. The fraction of sp³-hybridized carbons (Fsp3) is 0.600. The number of rotatable bonds is 4. The number of carboxylic acids is 1. The molecule has 0 aliphatic heterocycles. The molecule has 12 heavy (non-hydrogen) atoms. The summed E-state index contributed by atoms with van der Waals surface area (Å²) < 4.78 is 0. The van der Waals surface area contributed by atoms with Gasteiger partial charge in [-0.1, -0.05) is 0 Å². The first-order chi connectivity index (χ1) is 5.04. The van der Waals surface area contributed by atoms with Crippen LogP contribution in [0.1, 0.15) is 6.42 Å². The second kappa shape index (κ2) is 6.68. The minimum absolute atomic E-state index is 0. The predicted molar refractivity (Wildman–Crippen MR) is 48.2 cm³/mol. The van der Waals surface area contributed by atoms with Gasteiger partial charge >= 0.3 is 5.97 Å². The highest BCUT2D eigenvalue weighted by Crippen LogP contribution is 1.87. The lowest BCUT2D eigenvalue weighted by atomic mass is 10.2. The Bertz CT molecular complexity index is 169. The van der Waals surface area contributed by atoms with E-state index in [0.29, 0.717) is 0 Å². The van der Waals surface area contributed by atoms with Gasteiger partial charge in [0.25, 0.3) is 0 Å². The maximum Gasteiger partial charge on any atom is 0.320 e. The largest absolute Gasteiger partial charge is 0.480 e. The number of guanidine groups is 1. The molecule has 1 atom stereocenters. The molecule has 0 amide bonds. The highest BCUT2D eigenvalue weighted by atomic mass is 35.5. The first kappa shape index (κ1) is 13.6.